The van der Waals surface area contributed by atoms with Crippen LogP contribution >= 0.6 is 11.3 Å². The molecule has 30 heavy (non-hydrogen) atoms. The SMILES string of the molecule is Cc1ccc(Oc2cc(C)c(-c3csc(NC(=O)c4ccncc4)n3)c(C)c2)nc1. The Balaban J connectivity index is 1.54. The van der Waals surface area contributed by atoms with Gasteiger partial charge in [0.15, 0.2) is 5.13 Å². The van der Waals surface area contributed by atoms with Crippen LogP contribution in [0.15, 0.2) is 60.4 Å². The van der Waals surface area contributed by atoms with Crippen LogP contribution in [0.25, 0.3) is 11.3 Å². The van der Waals surface area contributed by atoms with Crippen molar-refractivity contribution in [2.75, 3.05) is 5.32 Å². The van der Waals surface area contributed by atoms with Crippen molar-refractivity contribution in [3.8, 4) is 22.9 Å². The maximum absolute atomic E-state index is 12.3. The lowest BCUT2D eigenvalue weighted by Crippen LogP contribution is -2.11. The number of thiazole rings is 1. The second-order valence-electron chi connectivity index (χ2n) is 6.94. The molecule has 0 fully saturated rings. The van der Waals surface area contributed by atoms with Crippen LogP contribution in [0, 0.1) is 20.8 Å². The van der Waals surface area contributed by atoms with Crippen LogP contribution < -0.4 is 10.1 Å². The summed E-state index contributed by atoms with van der Waals surface area (Å²) in [6, 6.07) is 11.1. The molecule has 3 heterocycles. The molecule has 6 nitrogen and oxygen atoms in total. The van der Waals surface area contributed by atoms with E-state index in [0.29, 0.717) is 16.6 Å². The molecule has 1 aromatic carbocycles. The Kier molecular flexibility index (Phi) is 5.54. The number of aromatic nitrogens is 3. The van der Waals surface area contributed by atoms with E-state index < -0.39 is 0 Å². The average molecular weight is 417 g/mol. The summed E-state index contributed by atoms with van der Waals surface area (Å²) in [6.45, 7) is 6.03. The van der Waals surface area contributed by atoms with Crippen LogP contribution in [-0.2, 0) is 0 Å². The van der Waals surface area contributed by atoms with Crippen molar-refractivity contribution in [3.63, 3.8) is 0 Å². The normalized spacial score (nSPS) is 10.6. The second kappa shape index (κ2) is 8.42. The molecule has 4 rings (SSSR count). The number of carbonyl (C=O) groups excluding carboxylic acids is 1. The zero-order valence-electron chi connectivity index (χ0n) is 16.8. The van der Waals surface area contributed by atoms with E-state index in [1.165, 1.54) is 11.3 Å². The minimum atomic E-state index is -0.207. The summed E-state index contributed by atoms with van der Waals surface area (Å²) in [5.41, 5.74) is 5.55. The molecular weight excluding hydrogens is 396 g/mol. The van der Waals surface area contributed by atoms with Gasteiger partial charge in [0, 0.05) is 41.2 Å². The maximum atomic E-state index is 12.3. The molecule has 0 spiro atoms. The van der Waals surface area contributed by atoms with Crippen LogP contribution in [0.2, 0.25) is 0 Å². The number of ether oxygens (including phenoxy) is 1. The molecule has 7 heteroatoms. The lowest BCUT2D eigenvalue weighted by molar-refractivity contribution is 0.102. The van der Waals surface area contributed by atoms with Crippen LogP contribution in [0.4, 0.5) is 5.13 Å². The molecule has 1 amide bonds. The number of rotatable bonds is 5. The third-order valence-corrected chi connectivity index (χ3v) is 5.29. The van der Waals surface area contributed by atoms with E-state index in [2.05, 4.69) is 20.3 Å². The first-order valence-corrected chi connectivity index (χ1v) is 10.3. The molecule has 0 aliphatic rings. The summed E-state index contributed by atoms with van der Waals surface area (Å²) in [4.78, 5) is 25.2. The molecule has 3 aromatic heterocycles. The Bertz CT molecular complexity index is 1160. The summed E-state index contributed by atoms with van der Waals surface area (Å²) in [5.74, 6) is 1.08. The van der Waals surface area contributed by atoms with Crippen molar-refractivity contribution in [2.45, 2.75) is 20.8 Å². The lowest BCUT2D eigenvalue weighted by atomic mass is 10.0. The highest BCUT2D eigenvalue weighted by Gasteiger charge is 2.14. The Morgan fingerprint density at radius 3 is 2.43 bits per heavy atom. The van der Waals surface area contributed by atoms with Gasteiger partial charge >= 0.3 is 0 Å². The number of anilines is 1. The van der Waals surface area contributed by atoms with Crippen molar-refractivity contribution >= 4 is 22.4 Å². The predicted molar refractivity (Wildman–Crippen MR) is 118 cm³/mol. The minimum Gasteiger partial charge on any atom is -0.439 e. The number of carbonyl (C=O) groups is 1. The van der Waals surface area contributed by atoms with E-state index >= 15 is 0 Å². The first-order valence-electron chi connectivity index (χ1n) is 9.38. The van der Waals surface area contributed by atoms with E-state index in [-0.39, 0.29) is 5.91 Å². The highest BCUT2D eigenvalue weighted by atomic mass is 32.1. The number of aryl methyl sites for hydroxylation is 3. The third kappa shape index (κ3) is 4.36. The summed E-state index contributed by atoms with van der Waals surface area (Å²) < 4.78 is 5.90. The topological polar surface area (TPSA) is 77.0 Å². The molecular formula is C23H20N4O2S. The van der Waals surface area contributed by atoms with Gasteiger partial charge < -0.3 is 4.74 Å². The van der Waals surface area contributed by atoms with E-state index in [0.717, 1.165) is 33.7 Å². The van der Waals surface area contributed by atoms with Crippen molar-refractivity contribution in [2.24, 2.45) is 0 Å². The third-order valence-electron chi connectivity index (χ3n) is 4.54. The number of nitrogens with zero attached hydrogens (tertiary/aromatic N) is 3. The van der Waals surface area contributed by atoms with Gasteiger partial charge in [0.1, 0.15) is 5.75 Å². The largest absolute Gasteiger partial charge is 0.439 e. The predicted octanol–water partition coefficient (Wildman–Crippen LogP) is 5.57. The summed E-state index contributed by atoms with van der Waals surface area (Å²) in [5, 5.41) is 5.34. The minimum absolute atomic E-state index is 0.207. The first kappa shape index (κ1) is 19.7. The monoisotopic (exact) mass is 416 g/mol. The van der Waals surface area contributed by atoms with Crippen LogP contribution in [-0.4, -0.2) is 20.9 Å². The highest BCUT2D eigenvalue weighted by molar-refractivity contribution is 7.14. The van der Waals surface area contributed by atoms with Gasteiger partial charge in [-0.3, -0.25) is 15.1 Å². The van der Waals surface area contributed by atoms with Crippen LogP contribution in [0.3, 0.4) is 0 Å². The van der Waals surface area contributed by atoms with Gasteiger partial charge in [-0.15, -0.1) is 11.3 Å². The van der Waals surface area contributed by atoms with Gasteiger partial charge in [-0.05, 0) is 61.7 Å². The molecule has 0 saturated carbocycles. The molecule has 0 aliphatic carbocycles. The Labute approximate surface area is 178 Å². The first-order chi connectivity index (χ1) is 14.5. The molecule has 4 aromatic rings. The summed E-state index contributed by atoms with van der Waals surface area (Å²) in [7, 11) is 0. The summed E-state index contributed by atoms with van der Waals surface area (Å²) in [6.07, 6.45) is 4.95. The van der Waals surface area contributed by atoms with Crippen molar-refractivity contribution in [3.05, 3.63) is 82.6 Å². The molecule has 0 saturated heterocycles. The number of nitrogens with one attached hydrogen (secondary N) is 1. The standard InChI is InChI=1S/C23H20N4O2S/c1-14-4-5-20(25-12-14)29-18-10-15(2)21(16(3)11-18)19-13-30-23(26-19)27-22(28)17-6-8-24-9-7-17/h4-13H,1-3H3,(H,26,27,28). The second-order valence-corrected chi connectivity index (χ2v) is 7.79. The van der Waals surface area contributed by atoms with Crippen LogP contribution in [0.5, 0.6) is 11.6 Å². The Hall–Kier alpha value is -3.58. The van der Waals surface area contributed by atoms with Gasteiger partial charge in [0.25, 0.3) is 5.91 Å². The zero-order chi connectivity index (χ0) is 21.1. The smallest absolute Gasteiger partial charge is 0.257 e. The number of pyridine rings is 2. The molecule has 0 unspecified atom stereocenters. The number of benzene rings is 1. The van der Waals surface area contributed by atoms with Gasteiger partial charge in [-0.1, -0.05) is 6.07 Å². The van der Waals surface area contributed by atoms with Crippen molar-refractivity contribution < 1.29 is 9.53 Å². The maximum Gasteiger partial charge on any atom is 0.257 e. The fourth-order valence-corrected chi connectivity index (χ4v) is 3.84. The van der Waals surface area contributed by atoms with Crippen molar-refractivity contribution in [1.82, 2.24) is 15.0 Å². The van der Waals surface area contributed by atoms with E-state index in [1.807, 2.05) is 50.4 Å². The van der Waals surface area contributed by atoms with Gasteiger partial charge in [-0.25, -0.2) is 9.97 Å². The Morgan fingerprint density at radius 2 is 1.77 bits per heavy atom. The number of hydrogen-bond acceptors (Lipinski definition) is 6. The van der Waals surface area contributed by atoms with Gasteiger partial charge in [0.05, 0.1) is 5.69 Å². The zero-order valence-corrected chi connectivity index (χ0v) is 17.7. The van der Waals surface area contributed by atoms with E-state index in [4.69, 9.17) is 4.74 Å². The van der Waals surface area contributed by atoms with Gasteiger partial charge in [-0.2, -0.15) is 0 Å². The van der Waals surface area contributed by atoms with E-state index in [1.54, 1.807) is 30.7 Å². The Morgan fingerprint density at radius 1 is 1.03 bits per heavy atom. The number of amides is 1. The fourth-order valence-electron chi connectivity index (χ4n) is 3.14. The molecule has 0 aliphatic heterocycles. The molecule has 150 valence electrons. The van der Waals surface area contributed by atoms with Gasteiger partial charge in [0.2, 0.25) is 5.88 Å². The van der Waals surface area contributed by atoms with Crippen LogP contribution in [0.1, 0.15) is 27.0 Å². The molecule has 0 atom stereocenters. The highest BCUT2D eigenvalue weighted by Crippen LogP contribution is 2.34. The van der Waals surface area contributed by atoms with E-state index in [9.17, 15) is 4.79 Å². The lowest BCUT2D eigenvalue weighted by Gasteiger charge is -2.12. The fraction of sp³-hybridized carbons (Fsp3) is 0.130. The number of hydrogen-bond donors (Lipinski definition) is 1. The quantitative estimate of drug-likeness (QED) is 0.460. The average Bonchev–Trinajstić information content (AvgIpc) is 3.18. The molecule has 1 N–H and O–H groups in total. The molecule has 0 bridgehead atoms. The summed E-state index contributed by atoms with van der Waals surface area (Å²) >= 11 is 1.39. The van der Waals surface area contributed by atoms with Crippen molar-refractivity contribution in [1.29, 1.82) is 0 Å². The molecule has 0 radical (unpaired) electrons.